The number of hydrogen-bond acceptors (Lipinski definition) is 28. The van der Waals surface area contributed by atoms with Crippen LogP contribution in [0.1, 0.15) is 120 Å². The first-order valence-electron chi connectivity index (χ1n) is 32.0. The Morgan fingerprint density at radius 3 is 1.57 bits per heavy atom. The Morgan fingerprint density at radius 2 is 1.02 bits per heavy atom. The van der Waals surface area contributed by atoms with Gasteiger partial charge in [-0.1, -0.05) is 60.1 Å². The fraction of sp³-hybridized carbons (Fsp3) is 0.967. The van der Waals surface area contributed by atoms with Crippen molar-refractivity contribution in [2.75, 3.05) is 26.4 Å². The van der Waals surface area contributed by atoms with Gasteiger partial charge in [-0.25, -0.2) is 0 Å². The molecule has 5 heterocycles. The fourth-order valence-corrected chi connectivity index (χ4v) is 17.3. The Balaban J connectivity index is 0.888. The zero-order valence-corrected chi connectivity index (χ0v) is 52.4. The van der Waals surface area contributed by atoms with Gasteiger partial charge in [0, 0.05) is 10.8 Å². The number of aliphatic hydroxyl groups is 18. The van der Waals surface area contributed by atoms with E-state index in [2.05, 4.69) is 33.8 Å². The molecule has 28 heteroatoms. The molecule has 0 spiro atoms. The van der Waals surface area contributed by atoms with Gasteiger partial charge in [0.1, 0.15) is 116 Å². The molecule has 35 atom stereocenters. The Kier molecular flexibility index (Phi) is 22.3. The number of fused-ring (bicyclic) bond motifs is 5. The first-order valence-corrected chi connectivity index (χ1v) is 32.0. The minimum atomic E-state index is -1.95. The fourth-order valence-electron chi connectivity index (χ4n) is 17.3. The number of allylic oxidation sites excluding steroid dienone is 1. The molecule has 0 aromatic rings. The lowest BCUT2D eigenvalue weighted by Gasteiger charge is -2.67. The lowest BCUT2D eigenvalue weighted by Crippen LogP contribution is -2.67. The van der Waals surface area contributed by atoms with Crippen molar-refractivity contribution in [2.45, 2.75) is 298 Å². The molecule has 0 amide bonds. The van der Waals surface area contributed by atoms with E-state index in [9.17, 15) is 91.9 Å². The third kappa shape index (κ3) is 13.0. The number of ether oxygens (including phenoxy) is 10. The van der Waals surface area contributed by atoms with E-state index in [1.807, 2.05) is 13.8 Å². The van der Waals surface area contributed by atoms with Gasteiger partial charge < -0.3 is 139 Å². The standard InChI is InChI=1S/C61H104O28/c1-10-28-37(66)41(70)47(76)54(81-28)88-50-31(22-64)84-56(51(49(50)78)89-55-48(77)43(72)39(68)30(21-63)83-55)87-36(58(5,6)79)15-11-24(2)25-17-18-59(7)33-14-12-26-27(61(33,9)34(65)19-60(25,59)8)13-16-35(57(26,3)4)86-53-46(75)44(73)40(69)32(85-53)23-80-52-45(74)42(71)38(67)29(20-62)82-52/h12,24-25,27-56,62-79H,10-11,13-23H2,1-9H3/t24-,25?,27?,28+,29-,30-,31-,32-,33?,34-,35+,36-,37+,38-,39-,40-,41-,42+,43+,44+,45-,46-,47+,48-,49+,50-,51-,52-,53+,54-,55+,56+,59+,60-,61+/m1/s1. The van der Waals surface area contributed by atoms with E-state index in [4.69, 9.17) is 47.4 Å². The summed E-state index contributed by atoms with van der Waals surface area (Å²) >= 11 is 0. The van der Waals surface area contributed by atoms with Gasteiger partial charge in [0.25, 0.3) is 0 Å². The molecule has 9 rings (SSSR count). The van der Waals surface area contributed by atoms with Gasteiger partial charge in [0.15, 0.2) is 31.5 Å². The predicted octanol–water partition coefficient (Wildman–Crippen LogP) is -3.99. The molecule has 0 aromatic heterocycles. The monoisotopic (exact) mass is 1280 g/mol. The summed E-state index contributed by atoms with van der Waals surface area (Å²) in [5, 5.41) is 196. The highest BCUT2D eigenvalue weighted by Crippen LogP contribution is 2.75. The van der Waals surface area contributed by atoms with Gasteiger partial charge in [-0.3, -0.25) is 0 Å². The lowest BCUT2D eigenvalue weighted by atomic mass is 9.38. The molecule has 3 unspecified atom stereocenters. The molecule has 5 aliphatic heterocycles. The highest BCUT2D eigenvalue weighted by Gasteiger charge is 2.71. The van der Waals surface area contributed by atoms with Crippen molar-refractivity contribution < 1.29 is 139 Å². The third-order valence-electron chi connectivity index (χ3n) is 23.1. The molecule has 89 heavy (non-hydrogen) atoms. The molecule has 8 fully saturated rings. The van der Waals surface area contributed by atoms with Crippen LogP contribution in [-0.2, 0) is 47.4 Å². The molecule has 3 saturated carbocycles. The zero-order chi connectivity index (χ0) is 65.5. The quantitative estimate of drug-likeness (QED) is 0.0517. The largest absolute Gasteiger partial charge is 0.394 e. The highest BCUT2D eigenvalue weighted by atomic mass is 16.8. The summed E-state index contributed by atoms with van der Waals surface area (Å²) in [5.74, 6) is 0.0363. The molecule has 516 valence electrons. The van der Waals surface area contributed by atoms with E-state index in [-0.39, 0.29) is 47.3 Å². The second-order valence-electron chi connectivity index (χ2n) is 28.9. The molecule has 0 bridgehead atoms. The van der Waals surface area contributed by atoms with Crippen LogP contribution in [0.5, 0.6) is 0 Å². The van der Waals surface area contributed by atoms with E-state index in [0.717, 1.165) is 18.4 Å². The topological polar surface area (TPSA) is 456 Å². The van der Waals surface area contributed by atoms with Gasteiger partial charge in [-0.05, 0) is 106 Å². The van der Waals surface area contributed by atoms with Crippen LogP contribution >= 0.6 is 0 Å². The second kappa shape index (κ2) is 27.6. The van der Waals surface area contributed by atoms with Gasteiger partial charge in [0.05, 0.1) is 56.4 Å². The summed E-state index contributed by atoms with van der Waals surface area (Å²) in [6.45, 7) is 15.0. The summed E-state index contributed by atoms with van der Waals surface area (Å²) in [4.78, 5) is 0. The molecular weight excluding hydrogens is 1180 g/mol. The molecule has 0 aromatic carbocycles. The molecule has 4 aliphatic carbocycles. The van der Waals surface area contributed by atoms with Crippen LogP contribution in [0.15, 0.2) is 11.6 Å². The minimum Gasteiger partial charge on any atom is -0.394 e. The van der Waals surface area contributed by atoms with E-state index >= 15 is 0 Å². The highest BCUT2D eigenvalue weighted by molar-refractivity contribution is 5.32. The molecule has 5 saturated heterocycles. The number of rotatable bonds is 20. The summed E-state index contributed by atoms with van der Waals surface area (Å²) in [6.07, 6.45) is -36.0. The Morgan fingerprint density at radius 1 is 0.539 bits per heavy atom. The van der Waals surface area contributed by atoms with E-state index in [1.54, 1.807) is 6.92 Å². The summed E-state index contributed by atoms with van der Waals surface area (Å²) in [5.41, 5.74) is -2.41. The van der Waals surface area contributed by atoms with E-state index < -0.39 is 215 Å². The zero-order valence-electron chi connectivity index (χ0n) is 52.4. The van der Waals surface area contributed by atoms with Crippen molar-refractivity contribution >= 4 is 0 Å². The van der Waals surface area contributed by atoms with Crippen molar-refractivity contribution in [3.63, 3.8) is 0 Å². The van der Waals surface area contributed by atoms with Crippen LogP contribution in [-0.4, -0.2) is 296 Å². The van der Waals surface area contributed by atoms with Crippen LogP contribution < -0.4 is 0 Å². The van der Waals surface area contributed by atoms with Crippen LogP contribution in [0.25, 0.3) is 0 Å². The van der Waals surface area contributed by atoms with Crippen LogP contribution in [0.2, 0.25) is 0 Å². The molecule has 0 radical (unpaired) electrons. The van der Waals surface area contributed by atoms with E-state index in [0.29, 0.717) is 32.1 Å². The van der Waals surface area contributed by atoms with Crippen molar-refractivity contribution in [3.8, 4) is 0 Å². The third-order valence-corrected chi connectivity index (χ3v) is 23.1. The lowest BCUT2D eigenvalue weighted by molar-refractivity contribution is -0.393. The normalized spacial score (nSPS) is 51.8. The SMILES string of the molecule is CC[C@@H]1O[C@H](O[C@H]2[C@H](O)[C@@H](O[C@@H]3O[C@H](CO)[C@@H](O)[C@H](O)[C@H]3O)[C@H](O[C@H](CC[C@@H](C)C3CC[C@@]4(C)C5CC=C6C(CC[C@H](O[C@@H]7O[C@H](CO[C@@H]8O[C@H](CO)[C@@H](O)[C@H](O)[C@H]8O)[C@@H](O)[C@H](O)[C@H]7O)C6(C)C)[C@]5(C)[C@H](O)C[C@]34C)C(C)(C)O)O[C@@H]2CO)[C@@H](O)[C@H](O)[C@H]1O. The first-order chi connectivity index (χ1) is 41.7. The minimum absolute atomic E-state index is 0.0198. The van der Waals surface area contributed by atoms with Crippen LogP contribution in [0.3, 0.4) is 0 Å². The first kappa shape index (κ1) is 71.9. The molecule has 18 N–H and O–H groups in total. The smallest absolute Gasteiger partial charge is 0.187 e. The van der Waals surface area contributed by atoms with Crippen molar-refractivity contribution in [1.29, 1.82) is 0 Å². The predicted molar refractivity (Wildman–Crippen MR) is 303 cm³/mol. The molecule has 28 nitrogen and oxygen atoms in total. The average Bonchev–Trinajstić information content (AvgIpc) is 1.63. The Hall–Kier alpha value is -1.38. The molecular formula is C61H104O28. The van der Waals surface area contributed by atoms with Crippen molar-refractivity contribution in [3.05, 3.63) is 11.6 Å². The average molecular weight is 1290 g/mol. The van der Waals surface area contributed by atoms with Crippen molar-refractivity contribution in [2.24, 2.45) is 45.3 Å². The Bertz CT molecular complexity index is 2340. The van der Waals surface area contributed by atoms with Gasteiger partial charge in [-0.15, -0.1) is 0 Å². The molecule has 9 aliphatic rings. The summed E-state index contributed by atoms with van der Waals surface area (Å²) in [6, 6.07) is 0. The second-order valence-corrected chi connectivity index (χ2v) is 28.9. The maximum atomic E-state index is 12.8. The van der Waals surface area contributed by atoms with Crippen LogP contribution in [0.4, 0.5) is 0 Å². The number of aliphatic hydroxyl groups excluding tert-OH is 17. The maximum Gasteiger partial charge on any atom is 0.187 e. The maximum absolute atomic E-state index is 12.8. The summed E-state index contributed by atoms with van der Waals surface area (Å²) in [7, 11) is 0. The summed E-state index contributed by atoms with van der Waals surface area (Å²) < 4.78 is 60.3. The van der Waals surface area contributed by atoms with E-state index in [1.165, 1.54) is 13.8 Å². The van der Waals surface area contributed by atoms with Gasteiger partial charge >= 0.3 is 0 Å². The number of hydrogen-bond donors (Lipinski definition) is 18. The van der Waals surface area contributed by atoms with Gasteiger partial charge in [0.2, 0.25) is 0 Å². The van der Waals surface area contributed by atoms with Gasteiger partial charge in [-0.2, -0.15) is 0 Å². The van der Waals surface area contributed by atoms with Crippen molar-refractivity contribution in [1.82, 2.24) is 0 Å². The van der Waals surface area contributed by atoms with Crippen LogP contribution in [0, 0.1) is 45.3 Å². The Labute approximate surface area is 518 Å².